The molecule has 3 heteroatoms. The second kappa shape index (κ2) is 5.61. The van der Waals surface area contributed by atoms with Crippen molar-refractivity contribution in [2.75, 3.05) is 0 Å². The second-order valence-electron chi connectivity index (χ2n) is 4.04. The maximum Gasteiger partial charge on any atom is 0.164 e. The van der Waals surface area contributed by atoms with Crippen molar-refractivity contribution in [3.05, 3.63) is 29.6 Å². The number of hydrogen-bond donors (Lipinski definition) is 1. The summed E-state index contributed by atoms with van der Waals surface area (Å²) in [5.41, 5.74) is 7.35. The maximum absolute atomic E-state index is 11.7. The van der Waals surface area contributed by atoms with E-state index in [4.69, 9.17) is 5.73 Å². The van der Waals surface area contributed by atoms with Crippen LogP contribution in [-0.2, 0) is 0 Å². The van der Waals surface area contributed by atoms with Gasteiger partial charge in [-0.2, -0.15) is 0 Å². The molecule has 2 N–H and O–H groups in total. The largest absolute Gasteiger partial charge is 0.328 e. The molecule has 0 fully saturated rings. The topological polar surface area (TPSA) is 56.0 Å². The highest BCUT2D eigenvalue weighted by Crippen LogP contribution is 2.08. The first kappa shape index (κ1) is 11.9. The van der Waals surface area contributed by atoms with Gasteiger partial charge in [0, 0.05) is 30.4 Å². The first-order valence-electron chi connectivity index (χ1n) is 5.30. The van der Waals surface area contributed by atoms with Crippen LogP contribution in [0.4, 0.5) is 0 Å². The summed E-state index contributed by atoms with van der Waals surface area (Å²) in [6.45, 7) is 3.89. The summed E-state index contributed by atoms with van der Waals surface area (Å²) < 4.78 is 0. The Morgan fingerprint density at radius 3 is 2.87 bits per heavy atom. The van der Waals surface area contributed by atoms with E-state index in [1.54, 1.807) is 12.4 Å². The van der Waals surface area contributed by atoms with Crippen LogP contribution in [0, 0.1) is 6.92 Å². The zero-order valence-corrected chi connectivity index (χ0v) is 9.36. The van der Waals surface area contributed by atoms with Gasteiger partial charge in [-0.3, -0.25) is 9.78 Å². The van der Waals surface area contributed by atoms with Gasteiger partial charge >= 0.3 is 0 Å². The van der Waals surface area contributed by atoms with Gasteiger partial charge in [-0.15, -0.1) is 0 Å². The Morgan fingerprint density at radius 1 is 1.53 bits per heavy atom. The van der Waals surface area contributed by atoms with Gasteiger partial charge in [0.2, 0.25) is 0 Å². The Hall–Kier alpha value is -1.22. The van der Waals surface area contributed by atoms with Crippen molar-refractivity contribution in [1.82, 2.24) is 4.98 Å². The van der Waals surface area contributed by atoms with Crippen molar-refractivity contribution < 1.29 is 4.79 Å². The number of pyridine rings is 1. The van der Waals surface area contributed by atoms with E-state index >= 15 is 0 Å². The fourth-order valence-corrected chi connectivity index (χ4v) is 1.44. The predicted molar refractivity (Wildman–Crippen MR) is 60.8 cm³/mol. The highest BCUT2D eigenvalue weighted by molar-refractivity contribution is 5.95. The minimum absolute atomic E-state index is 0.159. The fourth-order valence-electron chi connectivity index (χ4n) is 1.44. The van der Waals surface area contributed by atoms with Gasteiger partial charge in [-0.25, -0.2) is 0 Å². The number of nitrogens with two attached hydrogens (primary N) is 1. The quantitative estimate of drug-likeness (QED) is 0.750. The van der Waals surface area contributed by atoms with Crippen LogP contribution in [0.25, 0.3) is 0 Å². The van der Waals surface area contributed by atoms with E-state index in [0.29, 0.717) is 12.0 Å². The van der Waals surface area contributed by atoms with Crippen LogP contribution in [0.3, 0.4) is 0 Å². The summed E-state index contributed by atoms with van der Waals surface area (Å²) >= 11 is 0. The fraction of sp³-hybridized carbons (Fsp3) is 0.500. The Bertz CT molecular complexity index is 334. The van der Waals surface area contributed by atoms with E-state index in [-0.39, 0.29) is 11.8 Å². The zero-order chi connectivity index (χ0) is 11.3. The molecule has 0 saturated heterocycles. The molecule has 0 amide bonds. The number of Topliss-reactive ketones (excluding diaryl/α,β-unsaturated/α-hetero) is 1. The minimum Gasteiger partial charge on any atom is -0.328 e. The van der Waals surface area contributed by atoms with Gasteiger partial charge in [-0.1, -0.05) is 0 Å². The normalized spacial score (nSPS) is 12.5. The number of nitrogens with zero attached hydrogens (tertiary/aromatic N) is 1. The van der Waals surface area contributed by atoms with Gasteiger partial charge in [0.05, 0.1) is 0 Å². The molecular weight excluding hydrogens is 188 g/mol. The number of ketones is 1. The number of hydrogen-bond acceptors (Lipinski definition) is 3. The zero-order valence-electron chi connectivity index (χ0n) is 9.36. The maximum atomic E-state index is 11.7. The lowest BCUT2D eigenvalue weighted by atomic mass is 10.0. The van der Waals surface area contributed by atoms with E-state index in [0.717, 1.165) is 18.4 Å². The SMILES string of the molecule is Cc1cncc(C(=O)CCCC(C)N)c1. The van der Waals surface area contributed by atoms with E-state index in [1.165, 1.54) is 0 Å². The van der Waals surface area contributed by atoms with E-state index in [1.807, 2.05) is 19.9 Å². The molecule has 0 bridgehead atoms. The molecule has 0 aromatic carbocycles. The molecule has 1 aromatic rings. The molecule has 0 radical (unpaired) electrons. The van der Waals surface area contributed by atoms with Crippen LogP contribution in [0.1, 0.15) is 42.1 Å². The molecule has 0 saturated carbocycles. The number of carbonyl (C=O) groups is 1. The van der Waals surface area contributed by atoms with Gasteiger partial charge in [0.25, 0.3) is 0 Å². The monoisotopic (exact) mass is 206 g/mol. The molecule has 0 aliphatic rings. The molecule has 1 rings (SSSR count). The number of rotatable bonds is 5. The third-order valence-electron chi connectivity index (χ3n) is 2.26. The summed E-state index contributed by atoms with van der Waals surface area (Å²) in [6, 6.07) is 2.05. The lowest BCUT2D eigenvalue weighted by Gasteiger charge is -2.04. The smallest absolute Gasteiger partial charge is 0.164 e. The second-order valence-corrected chi connectivity index (χ2v) is 4.04. The van der Waals surface area contributed by atoms with Crippen LogP contribution in [0.2, 0.25) is 0 Å². The standard InChI is InChI=1S/C12H18N2O/c1-9-6-11(8-14-7-9)12(15)5-3-4-10(2)13/h6-8,10H,3-5,13H2,1-2H3. The van der Waals surface area contributed by atoms with Crippen LogP contribution < -0.4 is 5.73 Å². The van der Waals surface area contributed by atoms with E-state index in [9.17, 15) is 4.79 Å². The molecule has 1 atom stereocenters. The van der Waals surface area contributed by atoms with Crippen molar-refractivity contribution in [3.8, 4) is 0 Å². The molecule has 0 aliphatic carbocycles. The molecule has 1 unspecified atom stereocenters. The Kier molecular flexibility index (Phi) is 4.43. The van der Waals surface area contributed by atoms with Gasteiger partial charge in [0.1, 0.15) is 0 Å². The van der Waals surface area contributed by atoms with Crippen LogP contribution in [-0.4, -0.2) is 16.8 Å². The van der Waals surface area contributed by atoms with E-state index < -0.39 is 0 Å². The summed E-state index contributed by atoms with van der Waals surface area (Å²) in [5.74, 6) is 0.159. The first-order valence-corrected chi connectivity index (χ1v) is 5.30. The summed E-state index contributed by atoms with van der Waals surface area (Å²) in [7, 11) is 0. The molecule has 1 heterocycles. The third kappa shape index (κ3) is 4.21. The molecular formula is C12H18N2O. The Balaban J connectivity index is 2.47. The molecule has 3 nitrogen and oxygen atoms in total. The molecule has 1 aromatic heterocycles. The molecule has 82 valence electrons. The molecule has 0 spiro atoms. The molecule has 0 aliphatic heterocycles. The Morgan fingerprint density at radius 2 is 2.27 bits per heavy atom. The number of aryl methyl sites for hydroxylation is 1. The van der Waals surface area contributed by atoms with Crippen LogP contribution in [0.15, 0.2) is 18.5 Å². The molecule has 15 heavy (non-hydrogen) atoms. The summed E-state index contributed by atoms with van der Waals surface area (Å²) in [5, 5.41) is 0. The van der Waals surface area contributed by atoms with Crippen molar-refractivity contribution in [1.29, 1.82) is 0 Å². The predicted octanol–water partition coefficient (Wildman–Crippen LogP) is 2.09. The Labute approximate surface area is 90.7 Å². The summed E-state index contributed by atoms with van der Waals surface area (Å²) in [4.78, 5) is 15.7. The van der Waals surface area contributed by atoms with Gasteiger partial charge in [0.15, 0.2) is 5.78 Å². The highest BCUT2D eigenvalue weighted by Gasteiger charge is 2.06. The van der Waals surface area contributed by atoms with E-state index in [2.05, 4.69) is 4.98 Å². The van der Waals surface area contributed by atoms with Crippen molar-refractivity contribution >= 4 is 5.78 Å². The van der Waals surface area contributed by atoms with Gasteiger partial charge in [-0.05, 0) is 38.3 Å². The van der Waals surface area contributed by atoms with Crippen LogP contribution >= 0.6 is 0 Å². The van der Waals surface area contributed by atoms with Gasteiger partial charge < -0.3 is 5.73 Å². The summed E-state index contributed by atoms with van der Waals surface area (Å²) in [6.07, 6.45) is 5.68. The van der Waals surface area contributed by atoms with Crippen molar-refractivity contribution in [2.45, 2.75) is 39.2 Å². The average molecular weight is 206 g/mol. The van der Waals surface area contributed by atoms with Crippen molar-refractivity contribution in [3.63, 3.8) is 0 Å². The number of aromatic nitrogens is 1. The first-order chi connectivity index (χ1) is 7.09. The minimum atomic E-state index is 0.159. The average Bonchev–Trinajstić information content (AvgIpc) is 2.17. The third-order valence-corrected chi connectivity index (χ3v) is 2.26. The lowest BCUT2D eigenvalue weighted by molar-refractivity contribution is 0.0978. The number of carbonyl (C=O) groups excluding carboxylic acids is 1. The van der Waals surface area contributed by atoms with Crippen LogP contribution in [0.5, 0.6) is 0 Å². The highest BCUT2D eigenvalue weighted by atomic mass is 16.1. The lowest BCUT2D eigenvalue weighted by Crippen LogP contribution is -2.14. The van der Waals surface area contributed by atoms with Crippen molar-refractivity contribution in [2.24, 2.45) is 5.73 Å².